The number of benzene rings is 2. The first-order valence-electron chi connectivity index (χ1n) is 9.68. The number of methoxy groups -OCH3 is 1. The molecule has 6 nitrogen and oxygen atoms in total. The molecule has 3 rings (SSSR count). The average molecular weight is 417 g/mol. The summed E-state index contributed by atoms with van der Waals surface area (Å²) in [5, 5.41) is 2.63. The van der Waals surface area contributed by atoms with E-state index in [2.05, 4.69) is 34.4 Å². The van der Waals surface area contributed by atoms with Gasteiger partial charge < -0.3 is 14.8 Å². The van der Waals surface area contributed by atoms with Crippen molar-refractivity contribution in [2.45, 2.75) is 31.2 Å². The lowest BCUT2D eigenvalue weighted by molar-refractivity contribution is -0.143. The van der Waals surface area contributed by atoms with Gasteiger partial charge in [-0.2, -0.15) is 0 Å². The van der Waals surface area contributed by atoms with E-state index < -0.39 is 18.1 Å². The highest BCUT2D eigenvalue weighted by Crippen LogP contribution is 2.44. The van der Waals surface area contributed by atoms with Crippen LogP contribution in [0.5, 0.6) is 0 Å². The van der Waals surface area contributed by atoms with Crippen molar-refractivity contribution in [2.24, 2.45) is 0 Å². The number of halogens is 1. The highest BCUT2D eigenvalue weighted by Gasteiger charge is 2.29. The standard InChI is InChI=1S/C22H25ClN2O4/c1-28-21(26)20(12-6-7-13-24-23)25-22(27)29-14-19-17-10-4-2-8-15(17)16-9-3-5-11-18(16)19/h2-5,8-11,19-20,24H,6-7,12-14H2,1H3,(H,25,27). The summed E-state index contributed by atoms with van der Waals surface area (Å²) in [7, 11) is 1.30. The molecule has 0 aliphatic heterocycles. The Morgan fingerprint density at radius 1 is 1.03 bits per heavy atom. The molecule has 29 heavy (non-hydrogen) atoms. The van der Waals surface area contributed by atoms with Crippen molar-refractivity contribution in [2.75, 3.05) is 20.3 Å². The SMILES string of the molecule is COC(=O)C(CCCCNCl)NC(=O)OCC1c2ccccc2-c2ccccc21. The van der Waals surface area contributed by atoms with Gasteiger partial charge in [0.2, 0.25) is 0 Å². The summed E-state index contributed by atoms with van der Waals surface area (Å²) in [5.74, 6) is -0.517. The Balaban J connectivity index is 1.61. The Hall–Kier alpha value is -2.57. The Morgan fingerprint density at radius 2 is 1.66 bits per heavy atom. The minimum Gasteiger partial charge on any atom is -0.467 e. The number of carbonyl (C=O) groups is 2. The van der Waals surface area contributed by atoms with Crippen LogP contribution in [0.15, 0.2) is 48.5 Å². The molecular weight excluding hydrogens is 392 g/mol. The van der Waals surface area contributed by atoms with Gasteiger partial charge in [0.15, 0.2) is 0 Å². The monoisotopic (exact) mass is 416 g/mol. The molecule has 2 N–H and O–H groups in total. The largest absolute Gasteiger partial charge is 0.467 e. The van der Waals surface area contributed by atoms with Crippen LogP contribution >= 0.6 is 11.8 Å². The first kappa shape index (κ1) is 21.1. The fraction of sp³-hybridized carbons (Fsp3) is 0.364. The maximum atomic E-state index is 12.4. The summed E-state index contributed by atoms with van der Waals surface area (Å²) >= 11 is 5.43. The van der Waals surface area contributed by atoms with Gasteiger partial charge in [-0.1, -0.05) is 48.5 Å². The molecule has 1 unspecified atom stereocenters. The summed E-state index contributed by atoms with van der Waals surface area (Å²) in [6, 6.07) is 15.5. The van der Waals surface area contributed by atoms with E-state index in [0.717, 1.165) is 28.7 Å². The topological polar surface area (TPSA) is 76.7 Å². The lowest BCUT2D eigenvalue weighted by Crippen LogP contribution is -2.42. The van der Waals surface area contributed by atoms with Crippen molar-refractivity contribution in [1.29, 1.82) is 0 Å². The molecule has 0 spiro atoms. The second kappa shape index (κ2) is 10.3. The summed E-state index contributed by atoms with van der Waals surface area (Å²) in [5.41, 5.74) is 4.61. The van der Waals surface area contributed by atoms with E-state index in [1.54, 1.807) is 0 Å². The van der Waals surface area contributed by atoms with Crippen LogP contribution in [0.2, 0.25) is 0 Å². The molecular formula is C22H25ClN2O4. The van der Waals surface area contributed by atoms with E-state index in [4.69, 9.17) is 21.3 Å². The molecule has 2 aromatic rings. The highest BCUT2D eigenvalue weighted by atomic mass is 35.5. The number of hydrogen-bond acceptors (Lipinski definition) is 5. The van der Waals surface area contributed by atoms with Gasteiger partial charge in [-0.25, -0.2) is 14.4 Å². The van der Waals surface area contributed by atoms with Gasteiger partial charge in [-0.05, 0) is 53.3 Å². The number of unbranched alkanes of at least 4 members (excludes halogenated alkanes) is 1. The number of esters is 1. The van der Waals surface area contributed by atoms with Gasteiger partial charge in [-0.3, -0.25) is 0 Å². The number of rotatable bonds is 9. The molecule has 154 valence electrons. The molecule has 2 aromatic carbocycles. The number of hydrogen-bond donors (Lipinski definition) is 2. The Kier molecular flexibility index (Phi) is 7.49. The molecule has 1 atom stereocenters. The zero-order valence-electron chi connectivity index (χ0n) is 16.3. The van der Waals surface area contributed by atoms with Crippen LogP contribution < -0.4 is 10.2 Å². The first-order valence-corrected chi connectivity index (χ1v) is 10.1. The van der Waals surface area contributed by atoms with Crippen LogP contribution in [0.1, 0.15) is 36.3 Å². The molecule has 0 fully saturated rings. The minimum absolute atomic E-state index is 0.0282. The predicted octanol–water partition coefficient (Wildman–Crippen LogP) is 3.98. The van der Waals surface area contributed by atoms with Crippen molar-refractivity contribution >= 4 is 23.8 Å². The van der Waals surface area contributed by atoms with Gasteiger partial charge in [0.1, 0.15) is 12.6 Å². The van der Waals surface area contributed by atoms with Crippen molar-refractivity contribution < 1.29 is 19.1 Å². The summed E-state index contributed by atoms with van der Waals surface area (Å²) in [4.78, 5) is 26.9. The van der Waals surface area contributed by atoms with Crippen LogP contribution in [0.3, 0.4) is 0 Å². The van der Waals surface area contributed by atoms with E-state index >= 15 is 0 Å². The van der Waals surface area contributed by atoms with Gasteiger partial charge in [-0.15, -0.1) is 0 Å². The smallest absolute Gasteiger partial charge is 0.407 e. The molecule has 0 aromatic heterocycles. The van der Waals surface area contributed by atoms with Gasteiger partial charge >= 0.3 is 12.1 Å². The van der Waals surface area contributed by atoms with Crippen LogP contribution in [-0.2, 0) is 14.3 Å². The third-order valence-electron chi connectivity index (χ3n) is 5.14. The molecule has 7 heteroatoms. The molecule has 1 amide bonds. The number of carbonyl (C=O) groups excluding carboxylic acids is 2. The summed E-state index contributed by atoms with van der Waals surface area (Å²) < 4.78 is 10.3. The maximum Gasteiger partial charge on any atom is 0.407 e. The highest BCUT2D eigenvalue weighted by molar-refractivity contribution is 6.13. The third kappa shape index (κ3) is 5.08. The molecule has 0 saturated heterocycles. The van der Waals surface area contributed by atoms with Gasteiger partial charge in [0.05, 0.1) is 7.11 Å². The third-order valence-corrected chi connectivity index (χ3v) is 5.32. The van der Waals surface area contributed by atoms with E-state index in [0.29, 0.717) is 19.4 Å². The second-order valence-corrected chi connectivity index (χ2v) is 7.19. The Labute approximate surface area is 175 Å². The Bertz CT molecular complexity index is 813. The van der Waals surface area contributed by atoms with Crippen molar-refractivity contribution in [3.63, 3.8) is 0 Å². The Morgan fingerprint density at radius 3 is 2.24 bits per heavy atom. The lowest BCUT2D eigenvalue weighted by atomic mass is 9.98. The molecule has 1 aliphatic rings. The van der Waals surface area contributed by atoms with Crippen molar-refractivity contribution in [1.82, 2.24) is 10.2 Å². The fourth-order valence-electron chi connectivity index (χ4n) is 3.71. The van der Waals surface area contributed by atoms with E-state index in [9.17, 15) is 9.59 Å². The average Bonchev–Trinajstić information content (AvgIpc) is 3.07. The number of amides is 1. The van der Waals surface area contributed by atoms with Crippen LogP contribution in [0.25, 0.3) is 11.1 Å². The van der Waals surface area contributed by atoms with E-state index in [-0.39, 0.29) is 12.5 Å². The zero-order valence-corrected chi connectivity index (χ0v) is 17.1. The van der Waals surface area contributed by atoms with Gasteiger partial charge in [0.25, 0.3) is 0 Å². The summed E-state index contributed by atoms with van der Waals surface area (Å²) in [6.07, 6.45) is 1.32. The maximum absolute atomic E-state index is 12.4. The van der Waals surface area contributed by atoms with Gasteiger partial charge in [0, 0.05) is 12.5 Å². The minimum atomic E-state index is -0.744. The fourth-order valence-corrected chi connectivity index (χ4v) is 3.85. The molecule has 0 heterocycles. The van der Waals surface area contributed by atoms with Crippen LogP contribution in [-0.4, -0.2) is 38.4 Å². The number of ether oxygens (including phenoxy) is 2. The molecule has 0 saturated carbocycles. The molecule has 0 bridgehead atoms. The second-order valence-electron chi connectivity index (χ2n) is 6.93. The first-order chi connectivity index (χ1) is 14.2. The van der Waals surface area contributed by atoms with E-state index in [1.165, 1.54) is 7.11 Å². The van der Waals surface area contributed by atoms with Crippen molar-refractivity contribution in [3.8, 4) is 11.1 Å². The zero-order chi connectivity index (χ0) is 20.6. The van der Waals surface area contributed by atoms with Crippen LogP contribution in [0.4, 0.5) is 4.79 Å². The quantitative estimate of drug-likeness (QED) is 0.367. The lowest BCUT2D eigenvalue weighted by Gasteiger charge is -2.18. The number of alkyl carbamates (subject to hydrolysis) is 1. The summed E-state index contributed by atoms with van der Waals surface area (Å²) in [6.45, 7) is 0.824. The number of nitrogens with one attached hydrogen (secondary N) is 2. The predicted molar refractivity (Wildman–Crippen MR) is 112 cm³/mol. The molecule has 0 radical (unpaired) electrons. The van der Waals surface area contributed by atoms with E-state index in [1.807, 2.05) is 24.3 Å². The number of fused-ring (bicyclic) bond motifs is 3. The van der Waals surface area contributed by atoms with Crippen molar-refractivity contribution in [3.05, 3.63) is 59.7 Å². The van der Waals surface area contributed by atoms with Crippen LogP contribution in [0, 0.1) is 0 Å². The molecule has 1 aliphatic carbocycles. The normalized spacial score (nSPS) is 13.3.